The van der Waals surface area contributed by atoms with Crippen LogP contribution in [0.3, 0.4) is 0 Å². The molecule has 0 aliphatic rings. The molecule has 5 nitrogen and oxygen atoms in total. The van der Waals surface area contributed by atoms with Crippen molar-refractivity contribution in [2.24, 2.45) is 5.73 Å². The number of ether oxygens (including phenoxy) is 1. The summed E-state index contributed by atoms with van der Waals surface area (Å²) in [7, 11) is 0. The molecule has 0 aliphatic carbocycles. The van der Waals surface area contributed by atoms with Gasteiger partial charge < -0.3 is 14.9 Å². The number of aromatic nitrogens is 1. The Hall–Kier alpha value is -1.52. The molecule has 0 aliphatic heterocycles. The highest BCUT2D eigenvalue weighted by Gasteiger charge is 2.16. The Bertz CT molecular complexity index is 293. The van der Waals surface area contributed by atoms with E-state index in [0.717, 1.165) is 0 Å². The molecule has 0 aromatic carbocycles. The summed E-state index contributed by atoms with van der Waals surface area (Å²) in [5, 5.41) is 0. The normalized spacial score (nSPS) is 9.83. The van der Waals surface area contributed by atoms with Gasteiger partial charge in [0.1, 0.15) is 0 Å². The van der Waals surface area contributed by atoms with E-state index in [9.17, 15) is 4.79 Å². The minimum Gasteiger partial charge on any atom is -0.464 e. The van der Waals surface area contributed by atoms with Crippen LogP contribution in [0.25, 0.3) is 0 Å². The van der Waals surface area contributed by atoms with Crippen LogP contribution < -0.4 is 10.5 Å². The van der Waals surface area contributed by atoms with Crippen LogP contribution in [0.4, 0.5) is 0 Å². The third kappa shape index (κ3) is 1.55. The fourth-order valence-electron chi connectivity index (χ4n) is 0.793. The fourth-order valence-corrected chi connectivity index (χ4v) is 0.793. The zero-order valence-electron chi connectivity index (χ0n) is 6.96. The van der Waals surface area contributed by atoms with Crippen molar-refractivity contribution in [2.45, 2.75) is 13.8 Å². The average molecular weight is 170 g/mol. The van der Waals surface area contributed by atoms with Crippen molar-refractivity contribution < 1.29 is 13.9 Å². The second-order valence-corrected chi connectivity index (χ2v) is 2.17. The molecular weight excluding hydrogens is 160 g/mol. The zero-order valence-corrected chi connectivity index (χ0v) is 6.96. The Labute approximate surface area is 69.5 Å². The Morgan fingerprint density at radius 1 is 1.75 bits per heavy atom. The highest BCUT2D eigenvalue weighted by Crippen LogP contribution is 2.18. The van der Waals surface area contributed by atoms with Gasteiger partial charge in [-0.3, -0.25) is 4.79 Å². The summed E-state index contributed by atoms with van der Waals surface area (Å²) in [6, 6.07) is 0. The van der Waals surface area contributed by atoms with Gasteiger partial charge in [0, 0.05) is 6.92 Å². The maximum absolute atomic E-state index is 10.7. The van der Waals surface area contributed by atoms with Crippen LogP contribution in [0, 0.1) is 6.92 Å². The molecule has 0 saturated carbocycles. The van der Waals surface area contributed by atoms with Gasteiger partial charge in [0.15, 0.2) is 5.89 Å². The molecule has 0 saturated heterocycles. The average Bonchev–Trinajstić information content (AvgIpc) is 2.32. The van der Waals surface area contributed by atoms with Crippen LogP contribution in [0.1, 0.15) is 23.3 Å². The quantitative estimate of drug-likeness (QED) is 0.715. The summed E-state index contributed by atoms with van der Waals surface area (Å²) in [6.45, 7) is 3.81. The smallest absolute Gasteiger partial charge is 0.318 e. The number of aryl methyl sites for hydroxylation is 1. The van der Waals surface area contributed by atoms with Crippen LogP contribution in [0.2, 0.25) is 0 Å². The van der Waals surface area contributed by atoms with Crippen molar-refractivity contribution in [3.8, 4) is 5.95 Å². The van der Waals surface area contributed by atoms with Crippen molar-refractivity contribution in [1.29, 1.82) is 0 Å². The molecule has 0 radical (unpaired) electrons. The Kier molecular flexibility index (Phi) is 2.32. The molecule has 0 fully saturated rings. The van der Waals surface area contributed by atoms with Crippen molar-refractivity contribution in [3.05, 3.63) is 11.6 Å². The number of primary amides is 1. The molecule has 0 unspecified atom stereocenters. The van der Waals surface area contributed by atoms with Gasteiger partial charge in [-0.2, -0.15) is 0 Å². The first-order chi connectivity index (χ1) is 5.65. The maximum atomic E-state index is 10.7. The molecule has 1 amide bonds. The Morgan fingerprint density at radius 3 is 2.92 bits per heavy atom. The third-order valence-corrected chi connectivity index (χ3v) is 1.21. The molecule has 12 heavy (non-hydrogen) atoms. The number of amides is 1. The SMILES string of the molecule is CCOc1oc(C)nc1C(N)=O. The lowest BCUT2D eigenvalue weighted by Crippen LogP contribution is -2.13. The molecule has 1 rings (SSSR count). The van der Waals surface area contributed by atoms with Crippen LogP contribution in [-0.2, 0) is 0 Å². The van der Waals surface area contributed by atoms with Crippen LogP contribution in [-0.4, -0.2) is 17.5 Å². The van der Waals surface area contributed by atoms with Crippen molar-refractivity contribution in [2.75, 3.05) is 6.61 Å². The topological polar surface area (TPSA) is 78.3 Å². The number of carbonyl (C=O) groups excluding carboxylic acids is 1. The van der Waals surface area contributed by atoms with E-state index in [1.54, 1.807) is 13.8 Å². The van der Waals surface area contributed by atoms with Gasteiger partial charge in [-0.15, -0.1) is 0 Å². The predicted molar refractivity (Wildman–Crippen MR) is 40.9 cm³/mol. The predicted octanol–water partition coefficient (Wildman–Crippen LogP) is 0.481. The van der Waals surface area contributed by atoms with E-state index in [2.05, 4.69) is 4.98 Å². The first kappa shape index (κ1) is 8.58. The van der Waals surface area contributed by atoms with Gasteiger partial charge >= 0.3 is 5.95 Å². The molecule has 66 valence electrons. The summed E-state index contributed by atoms with van der Waals surface area (Å²) in [5.74, 6) is -0.176. The number of hydrogen-bond donors (Lipinski definition) is 1. The highest BCUT2D eigenvalue weighted by molar-refractivity contribution is 5.92. The van der Waals surface area contributed by atoms with Gasteiger partial charge in [0.25, 0.3) is 5.91 Å². The van der Waals surface area contributed by atoms with Gasteiger partial charge in [-0.05, 0) is 6.92 Å². The van der Waals surface area contributed by atoms with E-state index in [1.165, 1.54) is 0 Å². The largest absolute Gasteiger partial charge is 0.464 e. The van der Waals surface area contributed by atoms with E-state index in [-0.39, 0.29) is 11.6 Å². The number of carbonyl (C=O) groups is 1. The lowest BCUT2D eigenvalue weighted by Gasteiger charge is -1.96. The summed E-state index contributed by atoms with van der Waals surface area (Å²) in [6.07, 6.45) is 0. The van der Waals surface area contributed by atoms with E-state index >= 15 is 0 Å². The fraction of sp³-hybridized carbons (Fsp3) is 0.429. The number of oxazole rings is 1. The van der Waals surface area contributed by atoms with E-state index in [0.29, 0.717) is 12.5 Å². The maximum Gasteiger partial charge on any atom is 0.318 e. The molecule has 0 bridgehead atoms. The van der Waals surface area contributed by atoms with Gasteiger partial charge in [-0.1, -0.05) is 0 Å². The first-order valence-electron chi connectivity index (χ1n) is 3.55. The standard InChI is InChI=1S/C7H10N2O3/c1-3-11-7-5(6(8)10)9-4(2)12-7/h3H2,1-2H3,(H2,8,10). The molecule has 1 aromatic rings. The summed E-state index contributed by atoms with van der Waals surface area (Å²) in [5.41, 5.74) is 5.07. The van der Waals surface area contributed by atoms with E-state index < -0.39 is 5.91 Å². The molecular formula is C7H10N2O3. The molecule has 2 N–H and O–H groups in total. The van der Waals surface area contributed by atoms with E-state index in [4.69, 9.17) is 14.9 Å². The minimum absolute atomic E-state index is 0.0503. The van der Waals surface area contributed by atoms with Crippen LogP contribution in [0.15, 0.2) is 4.42 Å². The van der Waals surface area contributed by atoms with Crippen LogP contribution in [0.5, 0.6) is 5.95 Å². The van der Waals surface area contributed by atoms with Gasteiger partial charge in [0.05, 0.1) is 6.61 Å². The molecule has 0 spiro atoms. The zero-order chi connectivity index (χ0) is 9.14. The second kappa shape index (κ2) is 3.25. The number of nitrogens with two attached hydrogens (primary N) is 1. The number of nitrogens with zero attached hydrogens (tertiary/aromatic N) is 1. The molecule has 1 heterocycles. The van der Waals surface area contributed by atoms with Crippen molar-refractivity contribution in [1.82, 2.24) is 4.98 Å². The molecule has 1 aromatic heterocycles. The van der Waals surface area contributed by atoms with Gasteiger partial charge in [0.2, 0.25) is 5.69 Å². The van der Waals surface area contributed by atoms with Gasteiger partial charge in [-0.25, -0.2) is 4.98 Å². The van der Waals surface area contributed by atoms with E-state index in [1.807, 2.05) is 0 Å². The van der Waals surface area contributed by atoms with Crippen LogP contribution >= 0.6 is 0 Å². The summed E-state index contributed by atoms with van der Waals surface area (Å²) < 4.78 is 9.97. The molecule has 5 heteroatoms. The number of hydrogen-bond acceptors (Lipinski definition) is 4. The summed E-state index contributed by atoms with van der Waals surface area (Å²) in [4.78, 5) is 14.5. The summed E-state index contributed by atoms with van der Waals surface area (Å²) >= 11 is 0. The molecule has 0 atom stereocenters. The second-order valence-electron chi connectivity index (χ2n) is 2.17. The van der Waals surface area contributed by atoms with Crippen molar-refractivity contribution in [3.63, 3.8) is 0 Å². The Balaban J connectivity index is 2.99. The Morgan fingerprint density at radius 2 is 2.42 bits per heavy atom. The monoisotopic (exact) mass is 170 g/mol. The number of rotatable bonds is 3. The van der Waals surface area contributed by atoms with Crippen molar-refractivity contribution >= 4 is 5.91 Å². The first-order valence-corrected chi connectivity index (χ1v) is 3.55. The third-order valence-electron chi connectivity index (χ3n) is 1.21. The lowest BCUT2D eigenvalue weighted by molar-refractivity contribution is 0.0989. The highest BCUT2D eigenvalue weighted by atomic mass is 16.6. The lowest BCUT2D eigenvalue weighted by atomic mass is 10.4. The minimum atomic E-state index is -0.643.